The van der Waals surface area contributed by atoms with E-state index >= 15 is 0 Å². The van der Waals surface area contributed by atoms with Crippen molar-refractivity contribution in [1.29, 1.82) is 0 Å². The monoisotopic (exact) mass is 888 g/mol. The Kier molecular flexibility index (Phi) is 13.8. The van der Waals surface area contributed by atoms with Crippen molar-refractivity contribution in [2.24, 2.45) is 0 Å². The minimum absolute atomic E-state index is 0.336. The van der Waals surface area contributed by atoms with Crippen LogP contribution >= 0.6 is 0 Å². The molecule has 0 saturated carbocycles. The van der Waals surface area contributed by atoms with Crippen LogP contribution in [-0.4, -0.2) is 123 Å². The summed E-state index contributed by atoms with van der Waals surface area (Å²) >= 11 is 0. The first-order valence-corrected chi connectivity index (χ1v) is 22.7. The maximum atomic E-state index is 5.93. The van der Waals surface area contributed by atoms with Crippen molar-refractivity contribution in [2.45, 2.75) is 71.8 Å². The van der Waals surface area contributed by atoms with Gasteiger partial charge in [0.2, 0.25) is 0 Å². The van der Waals surface area contributed by atoms with Crippen LogP contribution < -0.4 is 16.0 Å². The smallest absolute Gasteiger partial charge is 0.154 e. The molecule has 0 aliphatic carbocycles. The molecule has 8 aromatic heterocycles. The Morgan fingerprint density at radius 2 is 1.09 bits per heavy atom. The summed E-state index contributed by atoms with van der Waals surface area (Å²) in [5.74, 6) is 3.51. The number of aromatic nitrogens is 12. The average molecular weight is 889 g/mol. The summed E-state index contributed by atoms with van der Waals surface area (Å²) < 4.78 is 15.5. The number of likely N-dealkylation sites (N-methyl/N-ethyl adjacent to an activating group) is 1. The number of fused-ring (bicyclic) bond motifs is 2. The second kappa shape index (κ2) is 20.5. The predicted molar refractivity (Wildman–Crippen MR) is 255 cm³/mol. The summed E-state index contributed by atoms with van der Waals surface area (Å²) in [6.07, 6.45) is 15.7. The Hall–Kier alpha value is -6.86. The first kappa shape index (κ1) is 44.3. The van der Waals surface area contributed by atoms with Crippen LogP contribution in [0.1, 0.15) is 57.6 Å². The molecule has 2 saturated heterocycles. The van der Waals surface area contributed by atoms with E-state index in [1.165, 1.54) is 0 Å². The Bertz CT molecular complexity index is 2870. The van der Waals surface area contributed by atoms with Crippen LogP contribution in [0.5, 0.6) is 0 Å². The highest BCUT2D eigenvalue weighted by Gasteiger charge is 2.25. The molecule has 10 rings (SSSR count). The number of pyridine rings is 4. The van der Waals surface area contributed by atoms with Gasteiger partial charge in [0.1, 0.15) is 11.6 Å². The van der Waals surface area contributed by atoms with Crippen LogP contribution in [0.15, 0.2) is 98.1 Å². The van der Waals surface area contributed by atoms with Crippen molar-refractivity contribution in [2.75, 3.05) is 56.6 Å². The van der Waals surface area contributed by atoms with E-state index in [1.807, 2.05) is 95.1 Å². The highest BCUT2D eigenvalue weighted by atomic mass is 16.5. The van der Waals surface area contributed by atoms with Gasteiger partial charge in [-0.05, 0) is 78.0 Å². The van der Waals surface area contributed by atoms with E-state index in [9.17, 15) is 0 Å². The molecule has 3 N–H and O–H groups in total. The fraction of sp³-hybridized carbons (Fsp3) is 0.375. The van der Waals surface area contributed by atoms with Gasteiger partial charge in [-0.15, -0.1) is 10.2 Å². The molecule has 0 bridgehead atoms. The highest BCUT2D eigenvalue weighted by molar-refractivity contribution is 5.83. The van der Waals surface area contributed by atoms with Gasteiger partial charge in [-0.25, -0.2) is 9.97 Å². The van der Waals surface area contributed by atoms with Crippen LogP contribution in [0.25, 0.3) is 44.3 Å². The summed E-state index contributed by atoms with van der Waals surface area (Å²) in [5, 5.41) is 35.2. The molecule has 2 fully saturated rings. The number of hydrogen-bond acceptors (Lipinski definition) is 16. The van der Waals surface area contributed by atoms with Gasteiger partial charge >= 0.3 is 0 Å². The number of nitrogens with one attached hydrogen (secondary N) is 3. The molecule has 18 heteroatoms. The largest absolute Gasteiger partial charge is 0.374 e. The fourth-order valence-electron chi connectivity index (χ4n) is 7.41. The number of ether oxygens (including phenoxy) is 2. The maximum Gasteiger partial charge on any atom is 0.154 e. The van der Waals surface area contributed by atoms with Crippen molar-refractivity contribution < 1.29 is 9.47 Å². The third-order valence-corrected chi connectivity index (χ3v) is 11.7. The van der Waals surface area contributed by atoms with Crippen LogP contribution in [-0.2, 0) is 22.6 Å². The molecule has 0 amide bonds. The van der Waals surface area contributed by atoms with Crippen molar-refractivity contribution in [1.82, 2.24) is 70.1 Å². The van der Waals surface area contributed by atoms with Gasteiger partial charge in [0.05, 0.1) is 85.4 Å². The Balaban J connectivity index is 0.000000166. The van der Waals surface area contributed by atoms with Gasteiger partial charge < -0.3 is 25.4 Å². The van der Waals surface area contributed by atoms with Crippen molar-refractivity contribution in [3.63, 3.8) is 0 Å². The summed E-state index contributed by atoms with van der Waals surface area (Å²) in [7, 11) is 0. The van der Waals surface area contributed by atoms with E-state index in [1.54, 1.807) is 12.4 Å². The first-order chi connectivity index (χ1) is 32.2. The summed E-state index contributed by atoms with van der Waals surface area (Å²) in [5.41, 5.74) is 9.47. The van der Waals surface area contributed by atoms with Gasteiger partial charge in [0.15, 0.2) is 11.6 Å². The van der Waals surface area contributed by atoms with Crippen LogP contribution in [0.4, 0.5) is 23.3 Å². The Morgan fingerprint density at radius 1 is 0.591 bits per heavy atom. The third kappa shape index (κ3) is 11.1. The fourth-order valence-corrected chi connectivity index (χ4v) is 7.41. The van der Waals surface area contributed by atoms with Crippen LogP contribution in [0.3, 0.4) is 0 Å². The molecule has 10 heterocycles. The number of rotatable bonds is 17. The van der Waals surface area contributed by atoms with E-state index in [4.69, 9.17) is 19.4 Å². The molecular formula is C48H56N16O2. The molecule has 2 aliphatic heterocycles. The molecule has 0 unspecified atom stereocenters. The lowest BCUT2D eigenvalue weighted by molar-refractivity contribution is -0.0548. The normalized spacial score (nSPS) is 14.3. The lowest BCUT2D eigenvalue weighted by Crippen LogP contribution is -2.52. The lowest BCUT2D eigenvalue weighted by atomic mass is 10.1. The van der Waals surface area contributed by atoms with Crippen LogP contribution in [0.2, 0.25) is 0 Å². The van der Waals surface area contributed by atoms with Gasteiger partial charge in [-0.2, -0.15) is 20.4 Å². The summed E-state index contributed by atoms with van der Waals surface area (Å²) in [6, 6.07) is 15.8. The molecule has 0 atom stereocenters. The number of likely N-dealkylation sites (tertiary alicyclic amines) is 1. The molecule has 8 aromatic rings. The molecule has 0 spiro atoms. The quantitative estimate of drug-likeness (QED) is 0.0844. The van der Waals surface area contributed by atoms with E-state index in [2.05, 4.69) is 96.0 Å². The standard InChI is InChI=1S/C25H30N8O.C23H26N8O/c1-4-32-15-21(16-32)34-8-7-33-14-20(13-28-33)19-9-23-22(26-11-19)5-6-24(29-23)30-25-10-18(17(2)3)12-27-31-25;1-15(2)16-8-23(30-26-10-16)29-22-4-3-20-21(28-22)7-17(9-25-20)18-11-27-31(14-18)5-6-32-19-12-24-13-19/h5-6,9-14,17,21H,4,7-8,15-16H2,1-3H3,(H,29,30,31);3-4,7-11,14-15,19,24H,5-6,12-13H2,1-2H3,(H,28,29,30). The molecule has 340 valence electrons. The molecule has 18 nitrogen and oxygen atoms in total. The van der Waals surface area contributed by atoms with Gasteiger partial charge in [0.25, 0.3) is 0 Å². The van der Waals surface area contributed by atoms with E-state index in [0.717, 1.165) is 101 Å². The molecule has 2 aliphatic rings. The average Bonchev–Trinajstić information content (AvgIpc) is 3.98. The predicted octanol–water partition coefficient (Wildman–Crippen LogP) is 7.01. The molecule has 0 radical (unpaired) electrons. The number of nitrogens with zero attached hydrogens (tertiary/aromatic N) is 13. The second-order valence-electron chi connectivity index (χ2n) is 17.2. The molecule has 66 heavy (non-hydrogen) atoms. The lowest BCUT2D eigenvalue weighted by Gasteiger charge is -2.38. The zero-order valence-electron chi connectivity index (χ0n) is 38.0. The SMILES string of the molecule is CC(C)c1cnnc(Nc2ccc3ncc(-c4cnn(CCOC5CNC5)c4)cc3n2)c1.CCN1CC(OCCn2cc(-c3cnc4ccc(Nc5cc(C(C)C)cnn5)nc4c3)cn2)C1. The minimum atomic E-state index is 0.336. The summed E-state index contributed by atoms with van der Waals surface area (Å²) in [4.78, 5) is 21.0. The van der Waals surface area contributed by atoms with E-state index in [0.29, 0.717) is 60.5 Å². The van der Waals surface area contributed by atoms with Gasteiger partial charge in [0, 0.05) is 73.2 Å². The topological polar surface area (TPSA) is 197 Å². The zero-order chi connectivity index (χ0) is 45.4. The first-order valence-electron chi connectivity index (χ1n) is 22.7. The van der Waals surface area contributed by atoms with Crippen LogP contribution in [0, 0.1) is 0 Å². The Labute approximate surface area is 383 Å². The van der Waals surface area contributed by atoms with E-state index in [-0.39, 0.29) is 0 Å². The van der Waals surface area contributed by atoms with Crippen molar-refractivity contribution in [3.8, 4) is 22.3 Å². The zero-order valence-corrected chi connectivity index (χ0v) is 38.0. The number of hydrogen-bond donors (Lipinski definition) is 3. The Morgan fingerprint density at radius 3 is 1.55 bits per heavy atom. The van der Waals surface area contributed by atoms with Gasteiger partial charge in [-0.3, -0.25) is 24.2 Å². The van der Waals surface area contributed by atoms with Crippen molar-refractivity contribution in [3.05, 3.63) is 109 Å². The van der Waals surface area contributed by atoms with Gasteiger partial charge in [-0.1, -0.05) is 34.6 Å². The van der Waals surface area contributed by atoms with E-state index < -0.39 is 0 Å². The maximum absolute atomic E-state index is 5.93. The number of anilines is 4. The highest BCUT2D eigenvalue weighted by Crippen LogP contribution is 2.26. The minimum Gasteiger partial charge on any atom is -0.374 e. The van der Waals surface area contributed by atoms with Crippen molar-refractivity contribution >= 4 is 45.3 Å². The molecule has 0 aromatic carbocycles. The summed E-state index contributed by atoms with van der Waals surface area (Å²) in [6.45, 7) is 18.5. The second-order valence-corrected chi connectivity index (χ2v) is 17.2. The molecular weight excluding hydrogens is 833 g/mol. The third-order valence-electron chi connectivity index (χ3n) is 11.7.